The number of hydrogen-bond acceptors (Lipinski definition) is 4. The maximum atomic E-state index is 11.5. The number of rotatable bonds is 5. The van der Waals surface area contributed by atoms with Gasteiger partial charge in [-0.3, -0.25) is 9.58 Å². The number of nitrogens with zero attached hydrogens (tertiary/aromatic N) is 4. The predicted molar refractivity (Wildman–Crippen MR) is 91.4 cm³/mol. The number of carbonyl (C=O) groups is 1. The van der Waals surface area contributed by atoms with Gasteiger partial charge in [-0.15, -0.1) is 0 Å². The molecule has 0 aliphatic heterocycles. The van der Waals surface area contributed by atoms with Crippen molar-refractivity contribution in [1.82, 2.24) is 19.7 Å². The van der Waals surface area contributed by atoms with Crippen LogP contribution in [0.15, 0.2) is 18.3 Å². The minimum Gasteiger partial charge on any atom is -0.476 e. The third kappa shape index (κ3) is 3.16. The van der Waals surface area contributed by atoms with Crippen molar-refractivity contribution in [1.29, 1.82) is 0 Å². The molecule has 0 amide bonds. The standard InChI is InChI=1S/C17H21ClN4O2/c1-3-22-14-7-6-12(9-13(14)15(20-22)17(23)24)21(2)10-11-5-4-8-19-16(11)18/h4-5,8,12H,3,6-7,9-10H2,1-2H3,(H,23,24)/t12-/m0/s1. The van der Waals surface area contributed by atoms with Crippen molar-refractivity contribution < 1.29 is 9.90 Å². The zero-order valence-corrected chi connectivity index (χ0v) is 14.6. The first-order chi connectivity index (χ1) is 11.5. The molecule has 1 aliphatic carbocycles. The predicted octanol–water partition coefficient (Wildman–Crippen LogP) is 2.64. The maximum Gasteiger partial charge on any atom is 0.356 e. The molecule has 0 saturated carbocycles. The summed E-state index contributed by atoms with van der Waals surface area (Å²) < 4.78 is 1.83. The van der Waals surface area contributed by atoms with E-state index in [1.807, 2.05) is 30.8 Å². The zero-order chi connectivity index (χ0) is 17.3. The van der Waals surface area contributed by atoms with Crippen LogP contribution >= 0.6 is 11.6 Å². The lowest BCUT2D eigenvalue weighted by Crippen LogP contribution is -2.36. The number of fused-ring (bicyclic) bond motifs is 1. The lowest BCUT2D eigenvalue weighted by atomic mass is 9.90. The number of carboxylic acids is 1. The van der Waals surface area contributed by atoms with Crippen molar-refractivity contribution in [3.63, 3.8) is 0 Å². The van der Waals surface area contributed by atoms with Gasteiger partial charge in [0.15, 0.2) is 5.69 Å². The number of pyridine rings is 1. The van der Waals surface area contributed by atoms with Gasteiger partial charge in [0.25, 0.3) is 0 Å². The van der Waals surface area contributed by atoms with E-state index >= 15 is 0 Å². The summed E-state index contributed by atoms with van der Waals surface area (Å²) in [5.74, 6) is -0.947. The Kier molecular flexibility index (Phi) is 4.87. The maximum absolute atomic E-state index is 11.5. The molecular weight excluding hydrogens is 328 g/mol. The molecular formula is C17H21ClN4O2. The highest BCUT2D eigenvalue weighted by Gasteiger charge is 2.30. The van der Waals surface area contributed by atoms with Crippen LogP contribution in [0.2, 0.25) is 5.15 Å². The summed E-state index contributed by atoms with van der Waals surface area (Å²) in [7, 11) is 2.05. The Morgan fingerprint density at radius 1 is 1.54 bits per heavy atom. The van der Waals surface area contributed by atoms with E-state index in [4.69, 9.17) is 11.6 Å². The highest BCUT2D eigenvalue weighted by Crippen LogP contribution is 2.28. The van der Waals surface area contributed by atoms with Gasteiger partial charge in [-0.25, -0.2) is 9.78 Å². The number of halogens is 1. The van der Waals surface area contributed by atoms with Gasteiger partial charge in [0.05, 0.1) is 0 Å². The molecule has 0 bridgehead atoms. The molecule has 1 aliphatic rings. The Morgan fingerprint density at radius 3 is 3.00 bits per heavy atom. The van der Waals surface area contributed by atoms with Crippen molar-refractivity contribution in [3.05, 3.63) is 46.0 Å². The van der Waals surface area contributed by atoms with E-state index in [0.717, 1.165) is 29.7 Å². The summed E-state index contributed by atoms with van der Waals surface area (Å²) in [5.41, 5.74) is 3.13. The number of hydrogen-bond donors (Lipinski definition) is 1. The Hall–Kier alpha value is -1.92. The smallest absolute Gasteiger partial charge is 0.356 e. The van der Waals surface area contributed by atoms with Crippen LogP contribution < -0.4 is 0 Å². The van der Waals surface area contributed by atoms with Gasteiger partial charge in [-0.2, -0.15) is 5.10 Å². The average Bonchev–Trinajstić information content (AvgIpc) is 2.95. The van der Waals surface area contributed by atoms with E-state index in [1.165, 1.54) is 0 Å². The zero-order valence-electron chi connectivity index (χ0n) is 13.9. The van der Waals surface area contributed by atoms with E-state index in [1.54, 1.807) is 6.20 Å². The van der Waals surface area contributed by atoms with Gasteiger partial charge in [-0.1, -0.05) is 17.7 Å². The number of carboxylic acid groups (broad SMARTS) is 1. The summed E-state index contributed by atoms with van der Waals surface area (Å²) in [6, 6.07) is 4.11. The molecule has 0 spiro atoms. The van der Waals surface area contributed by atoms with Crippen molar-refractivity contribution in [2.24, 2.45) is 0 Å². The molecule has 2 heterocycles. The molecule has 0 aromatic carbocycles. The van der Waals surface area contributed by atoms with Gasteiger partial charge in [0, 0.05) is 42.1 Å². The Balaban J connectivity index is 1.80. The first-order valence-corrected chi connectivity index (χ1v) is 8.50. The number of aromatic nitrogens is 3. The molecule has 7 heteroatoms. The average molecular weight is 349 g/mol. The molecule has 128 valence electrons. The second-order valence-corrected chi connectivity index (χ2v) is 6.52. The van der Waals surface area contributed by atoms with Crippen LogP contribution in [0.1, 0.15) is 40.7 Å². The van der Waals surface area contributed by atoms with E-state index in [-0.39, 0.29) is 11.7 Å². The van der Waals surface area contributed by atoms with Crippen molar-refractivity contribution in [3.8, 4) is 0 Å². The first kappa shape index (κ1) is 16.9. The second-order valence-electron chi connectivity index (χ2n) is 6.16. The number of likely N-dealkylation sites (N-methyl/N-ethyl adjacent to an activating group) is 1. The van der Waals surface area contributed by atoms with Gasteiger partial charge in [-0.05, 0) is 39.3 Å². The molecule has 2 aromatic heterocycles. The van der Waals surface area contributed by atoms with E-state index in [9.17, 15) is 9.90 Å². The lowest BCUT2D eigenvalue weighted by molar-refractivity contribution is 0.0687. The van der Waals surface area contributed by atoms with Gasteiger partial charge in [0.1, 0.15) is 5.15 Å². The van der Waals surface area contributed by atoms with E-state index in [2.05, 4.69) is 15.0 Å². The Labute approximate surface area is 146 Å². The largest absolute Gasteiger partial charge is 0.476 e. The van der Waals surface area contributed by atoms with Crippen LogP contribution in [0.5, 0.6) is 0 Å². The minimum atomic E-state index is -0.947. The highest BCUT2D eigenvalue weighted by atomic mass is 35.5. The van der Waals surface area contributed by atoms with Crippen molar-refractivity contribution in [2.75, 3.05) is 7.05 Å². The first-order valence-electron chi connectivity index (χ1n) is 8.12. The molecule has 1 atom stereocenters. The molecule has 2 aromatic rings. The summed E-state index contributed by atoms with van der Waals surface area (Å²) >= 11 is 6.15. The fourth-order valence-electron chi connectivity index (χ4n) is 3.41. The van der Waals surface area contributed by atoms with Gasteiger partial charge >= 0.3 is 5.97 Å². The molecule has 0 fully saturated rings. The summed E-state index contributed by atoms with van der Waals surface area (Å²) in [6.45, 7) is 3.37. The Morgan fingerprint density at radius 2 is 2.33 bits per heavy atom. The summed E-state index contributed by atoms with van der Waals surface area (Å²) in [6.07, 6.45) is 4.20. The van der Waals surface area contributed by atoms with E-state index in [0.29, 0.717) is 24.7 Å². The molecule has 24 heavy (non-hydrogen) atoms. The van der Waals surface area contributed by atoms with Crippen molar-refractivity contribution >= 4 is 17.6 Å². The topological polar surface area (TPSA) is 71.2 Å². The van der Waals surface area contributed by atoms with Crippen molar-refractivity contribution in [2.45, 2.75) is 45.3 Å². The SMILES string of the molecule is CCn1nc(C(=O)O)c2c1CC[C@H](N(C)Cc1cccnc1Cl)C2. The van der Waals surface area contributed by atoms with Crippen LogP contribution in [-0.2, 0) is 25.9 Å². The molecule has 3 rings (SSSR count). The summed E-state index contributed by atoms with van der Waals surface area (Å²) in [4.78, 5) is 17.8. The molecule has 0 saturated heterocycles. The van der Waals surface area contributed by atoms with Crippen LogP contribution in [0, 0.1) is 0 Å². The number of aromatic carboxylic acids is 1. The van der Waals surface area contributed by atoms with Crippen LogP contribution in [-0.4, -0.2) is 43.8 Å². The monoisotopic (exact) mass is 348 g/mol. The minimum absolute atomic E-state index is 0.198. The lowest BCUT2D eigenvalue weighted by Gasteiger charge is -2.31. The van der Waals surface area contributed by atoms with Crippen LogP contribution in [0.3, 0.4) is 0 Å². The Bertz CT molecular complexity index is 759. The third-order valence-electron chi connectivity index (χ3n) is 4.70. The molecule has 1 N–H and O–H groups in total. The molecule has 0 radical (unpaired) electrons. The fourth-order valence-corrected chi connectivity index (χ4v) is 3.59. The molecule has 6 nitrogen and oxygen atoms in total. The van der Waals surface area contributed by atoms with Crippen LogP contribution in [0.4, 0.5) is 0 Å². The summed E-state index contributed by atoms with van der Waals surface area (Å²) in [5, 5.41) is 14.2. The van der Waals surface area contributed by atoms with E-state index < -0.39 is 5.97 Å². The third-order valence-corrected chi connectivity index (χ3v) is 5.04. The number of aryl methyl sites for hydroxylation is 1. The highest BCUT2D eigenvalue weighted by molar-refractivity contribution is 6.30. The normalized spacial score (nSPS) is 17.1. The van der Waals surface area contributed by atoms with Crippen LogP contribution in [0.25, 0.3) is 0 Å². The van der Waals surface area contributed by atoms with Gasteiger partial charge < -0.3 is 5.11 Å². The molecule has 0 unspecified atom stereocenters. The quantitative estimate of drug-likeness (QED) is 0.841. The van der Waals surface area contributed by atoms with Gasteiger partial charge in [0.2, 0.25) is 0 Å². The fraction of sp³-hybridized carbons (Fsp3) is 0.471. The second kappa shape index (κ2) is 6.91.